The number of hydrogen-bond acceptors (Lipinski definition) is 3. The number of carbonyl (C=O) groups excluding carboxylic acids is 2. The Balaban J connectivity index is 1.54. The van der Waals surface area contributed by atoms with Crippen LogP contribution in [0.1, 0.15) is 34.8 Å². The number of likely N-dealkylation sites (tertiary alicyclic amines) is 1. The van der Waals surface area contributed by atoms with Crippen LogP contribution in [0.25, 0.3) is 10.8 Å². The van der Waals surface area contributed by atoms with Gasteiger partial charge in [0, 0.05) is 6.54 Å². The molecule has 2 heterocycles. The molecule has 0 spiro atoms. The van der Waals surface area contributed by atoms with Crippen LogP contribution in [0.5, 0.6) is 5.75 Å². The van der Waals surface area contributed by atoms with Crippen molar-refractivity contribution in [1.82, 2.24) is 4.90 Å². The first kappa shape index (κ1) is 16.8. The van der Waals surface area contributed by atoms with E-state index in [2.05, 4.69) is 35.6 Å². The number of nitrogens with one attached hydrogen (secondary N) is 1. The molecular weight excluding hydrogens is 352 g/mol. The van der Waals surface area contributed by atoms with E-state index >= 15 is 0 Å². The van der Waals surface area contributed by atoms with Gasteiger partial charge in [-0.05, 0) is 41.3 Å². The number of rotatable bonds is 2. The van der Waals surface area contributed by atoms with Crippen molar-refractivity contribution < 1.29 is 14.3 Å². The Hall–Kier alpha value is -3.34. The fourth-order valence-corrected chi connectivity index (χ4v) is 4.31. The van der Waals surface area contributed by atoms with Crippen LogP contribution in [-0.2, 0) is 4.79 Å². The fourth-order valence-electron chi connectivity index (χ4n) is 4.31. The average molecular weight is 372 g/mol. The van der Waals surface area contributed by atoms with Crippen LogP contribution in [0, 0.1) is 0 Å². The maximum Gasteiger partial charge on any atom is 0.262 e. The molecule has 0 aromatic heterocycles. The van der Waals surface area contributed by atoms with E-state index in [0.717, 1.165) is 12.8 Å². The Labute approximate surface area is 162 Å². The highest BCUT2D eigenvalue weighted by Gasteiger charge is 2.34. The molecule has 1 saturated heterocycles. The molecule has 5 rings (SSSR count). The van der Waals surface area contributed by atoms with Gasteiger partial charge in [-0.25, -0.2) is 0 Å². The van der Waals surface area contributed by atoms with E-state index in [4.69, 9.17) is 4.74 Å². The van der Waals surface area contributed by atoms with Crippen LogP contribution in [0.4, 0.5) is 5.69 Å². The zero-order valence-corrected chi connectivity index (χ0v) is 15.4. The van der Waals surface area contributed by atoms with E-state index < -0.39 is 0 Å². The van der Waals surface area contributed by atoms with Gasteiger partial charge in [0.1, 0.15) is 0 Å². The SMILES string of the molecule is O=C1COc2c(cccc2C(=O)N2CCC[C@H]2c2cccc3ccccc23)N1. The summed E-state index contributed by atoms with van der Waals surface area (Å²) in [6, 6.07) is 19.9. The Morgan fingerprint density at radius 1 is 1.04 bits per heavy atom. The molecule has 0 radical (unpaired) electrons. The van der Waals surface area contributed by atoms with Crippen molar-refractivity contribution in [2.24, 2.45) is 0 Å². The highest BCUT2D eigenvalue weighted by atomic mass is 16.5. The molecule has 28 heavy (non-hydrogen) atoms. The molecule has 2 amide bonds. The van der Waals surface area contributed by atoms with Gasteiger partial charge in [0.15, 0.2) is 12.4 Å². The Kier molecular flexibility index (Phi) is 4.01. The van der Waals surface area contributed by atoms with Crippen molar-refractivity contribution in [3.8, 4) is 5.75 Å². The maximum atomic E-state index is 13.5. The van der Waals surface area contributed by atoms with Crippen LogP contribution in [0.15, 0.2) is 60.7 Å². The molecule has 0 bridgehead atoms. The maximum absolute atomic E-state index is 13.5. The minimum absolute atomic E-state index is 0.0348. The molecule has 2 aliphatic rings. The number of anilines is 1. The minimum atomic E-state index is -0.202. The van der Waals surface area contributed by atoms with Crippen LogP contribution in [-0.4, -0.2) is 29.9 Å². The summed E-state index contributed by atoms with van der Waals surface area (Å²) in [4.78, 5) is 27.0. The lowest BCUT2D eigenvalue weighted by molar-refractivity contribution is -0.118. The first-order chi connectivity index (χ1) is 13.7. The second kappa shape index (κ2) is 6.68. The number of ether oxygens (including phenoxy) is 1. The molecule has 0 saturated carbocycles. The Morgan fingerprint density at radius 2 is 1.86 bits per heavy atom. The molecule has 1 fully saturated rings. The predicted molar refractivity (Wildman–Crippen MR) is 108 cm³/mol. The Bertz CT molecular complexity index is 1090. The quantitative estimate of drug-likeness (QED) is 0.735. The number of benzene rings is 3. The van der Waals surface area contributed by atoms with Crippen molar-refractivity contribution >= 4 is 28.3 Å². The first-order valence-electron chi connectivity index (χ1n) is 9.56. The van der Waals surface area contributed by atoms with E-state index in [-0.39, 0.29) is 24.5 Å². The van der Waals surface area contributed by atoms with Gasteiger partial charge >= 0.3 is 0 Å². The van der Waals surface area contributed by atoms with Crippen molar-refractivity contribution in [2.45, 2.75) is 18.9 Å². The van der Waals surface area contributed by atoms with Gasteiger partial charge < -0.3 is 15.0 Å². The zero-order valence-electron chi connectivity index (χ0n) is 15.4. The van der Waals surface area contributed by atoms with Gasteiger partial charge in [0.2, 0.25) is 0 Å². The summed E-state index contributed by atoms with van der Waals surface area (Å²) >= 11 is 0. The summed E-state index contributed by atoms with van der Waals surface area (Å²) in [6.45, 7) is 0.646. The van der Waals surface area contributed by atoms with E-state index in [1.807, 2.05) is 17.0 Å². The molecule has 5 heteroatoms. The third-order valence-corrected chi connectivity index (χ3v) is 5.56. The third-order valence-electron chi connectivity index (χ3n) is 5.56. The number of hydrogen-bond donors (Lipinski definition) is 1. The highest BCUT2D eigenvalue weighted by molar-refractivity contribution is 6.03. The summed E-state index contributed by atoms with van der Waals surface area (Å²) in [7, 11) is 0. The van der Waals surface area contributed by atoms with Crippen LogP contribution < -0.4 is 10.1 Å². The van der Waals surface area contributed by atoms with Gasteiger partial charge in [-0.1, -0.05) is 48.5 Å². The molecule has 140 valence electrons. The molecule has 0 unspecified atom stereocenters. The standard InChI is InChI=1S/C23H20N2O3/c26-21-14-28-22-18(10-4-11-19(22)24-21)23(27)25-13-5-12-20(25)17-9-3-7-15-6-1-2-8-16(15)17/h1-4,6-11,20H,5,12-14H2,(H,24,26)/t20-/m0/s1. The lowest BCUT2D eigenvalue weighted by Crippen LogP contribution is -2.32. The number of para-hydroxylation sites is 1. The molecule has 1 atom stereocenters. The highest BCUT2D eigenvalue weighted by Crippen LogP contribution is 2.39. The smallest absolute Gasteiger partial charge is 0.262 e. The van der Waals surface area contributed by atoms with Crippen LogP contribution >= 0.6 is 0 Å². The number of nitrogens with zero attached hydrogens (tertiary/aromatic N) is 1. The van der Waals surface area contributed by atoms with Gasteiger partial charge in [0.05, 0.1) is 17.3 Å². The van der Waals surface area contributed by atoms with Gasteiger partial charge in [-0.15, -0.1) is 0 Å². The third kappa shape index (κ3) is 2.71. The van der Waals surface area contributed by atoms with Crippen LogP contribution in [0.2, 0.25) is 0 Å². The fraction of sp³-hybridized carbons (Fsp3) is 0.217. The topological polar surface area (TPSA) is 58.6 Å². The van der Waals surface area contributed by atoms with E-state index in [0.29, 0.717) is 23.5 Å². The second-order valence-electron chi connectivity index (χ2n) is 7.24. The lowest BCUT2D eigenvalue weighted by atomic mass is 9.97. The molecular formula is C23H20N2O3. The first-order valence-corrected chi connectivity index (χ1v) is 9.56. The largest absolute Gasteiger partial charge is 0.481 e. The van der Waals surface area contributed by atoms with Crippen molar-refractivity contribution in [2.75, 3.05) is 18.5 Å². The van der Waals surface area contributed by atoms with Gasteiger partial charge in [-0.2, -0.15) is 0 Å². The summed E-state index contributed by atoms with van der Waals surface area (Å²) in [5.74, 6) is 0.214. The minimum Gasteiger partial charge on any atom is -0.481 e. The molecule has 0 aliphatic carbocycles. The number of amides is 2. The monoisotopic (exact) mass is 372 g/mol. The molecule has 3 aromatic rings. The van der Waals surface area contributed by atoms with Crippen molar-refractivity contribution in [3.05, 3.63) is 71.8 Å². The molecule has 3 aromatic carbocycles. The summed E-state index contributed by atoms with van der Waals surface area (Å²) in [5, 5.41) is 5.15. The van der Waals surface area contributed by atoms with E-state index in [1.54, 1.807) is 18.2 Å². The normalized spacial score (nSPS) is 18.5. The van der Waals surface area contributed by atoms with Crippen molar-refractivity contribution in [3.63, 3.8) is 0 Å². The number of fused-ring (bicyclic) bond motifs is 2. The summed E-state index contributed by atoms with van der Waals surface area (Å²) in [6.07, 6.45) is 1.90. The molecule has 1 N–H and O–H groups in total. The zero-order chi connectivity index (χ0) is 19.1. The second-order valence-corrected chi connectivity index (χ2v) is 7.24. The lowest BCUT2D eigenvalue weighted by Gasteiger charge is -2.28. The predicted octanol–water partition coefficient (Wildman–Crippen LogP) is 4.15. The van der Waals surface area contributed by atoms with Crippen LogP contribution in [0.3, 0.4) is 0 Å². The summed E-state index contributed by atoms with van der Waals surface area (Å²) < 4.78 is 5.60. The number of carbonyl (C=O) groups is 2. The summed E-state index contributed by atoms with van der Waals surface area (Å²) in [5.41, 5.74) is 2.25. The van der Waals surface area contributed by atoms with Crippen molar-refractivity contribution in [1.29, 1.82) is 0 Å². The van der Waals surface area contributed by atoms with E-state index in [9.17, 15) is 9.59 Å². The van der Waals surface area contributed by atoms with Gasteiger partial charge in [-0.3, -0.25) is 9.59 Å². The van der Waals surface area contributed by atoms with Gasteiger partial charge in [0.25, 0.3) is 11.8 Å². The molecule has 2 aliphatic heterocycles. The molecule has 5 nitrogen and oxygen atoms in total. The average Bonchev–Trinajstić information content (AvgIpc) is 3.22. The Morgan fingerprint density at radius 3 is 2.79 bits per heavy atom. The van der Waals surface area contributed by atoms with E-state index in [1.165, 1.54) is 16.3 Å².